The molecule has 0 bridgehead atoms. The molecule has 1 aliphatic carbocycles. The van der Waals surface area contributed by atoms with E-state index in [9.17, 15) is 9.65 Å². The van der Waals surface area contributed by atoms with Crippen LogP contribution >= 0.6 is 0 Å². The summed E-state index contributed by atoms with van der Waals surface area (Å²) in [5.74, 6) is 0.370. The summed E-state index contributed by atoms with van der Waals surface area (Å²) in [4.78, 5) is 11.7. The first-order chi connectivity index (χ1) is 16.4. The van der Waals surface area contributed by atoms with Gasteiger partial charge in [-0.15, -0.1) is 0 Å². The Morgan fingerprint density at radius 1 is 1.21 bits per heavy atom. The van der Waals surface area contributed by atoms with Gasteiger partial charge in [0.25, 0.3) is 0 Å². The van der Waals surface area contributed by atoms with Gasteiger partial charge in [0.15, 0.2) is 0 Å². The minimum Gasteiger partial charge on any atom is -0.353 e. The first-order valence-corrected chi connectivity index (χ1v) is 12.1. The van der Waals surface area contributed by atoms with Gasteiger partial charge < -0.3 is 20.4 Å². The monoisotopic (exact) mass is 464 g/mol. The normalized spacial score (nSPS) is 24.2. The van der Waals surface area contributed by atoms with Crippen molar-refractivity contribution < 1.29 is 4.39 Å². The van der Waals surface area contributed by atoms with E-state index < -0.39 is 5.82 Å². The summed E-state index contributed by atoms with van der Waals surface area (Å²) in [6.45, 7) is 3.08. The van der Waals surface area contributed by atoms with Gasteiger partial charge in [-0.3, -0.25) is 10.6 Å². The van der Waals surface area contributed by atoms with E-state index in [4.69, 9.17) is 10.7 Å². The van der Waals surface area contributed by atoms with Crippen LogP contribution < -0.4 is 16.4 Å². The third-order valence-corrected chi connectivity index (χ3v) is 7.03. The fourth-order valence-electron chi connectivity index (χ4n) is 4.84. The van der Waals surface area contributed by atoms with Crippen molar-refractivity contribution in [1.29, 1.82) is 5.26 Å². The van der Waals surface area contributed by atoms with Crippen molar-refractivity contribution in [1.82, 2.24) is 25.3 Å². The number of hydrogen-bond donors (Lipinski definition) is 3. The van der Waals surface area contributed by atoms with E-state index in [2.05, 4.69) is 45.6 Å². The smallest absolute Gasteiger partial charge is 0.201 e. The van der Waals surface area contributed by atoms with Crippen LogP contribution in [0.5, 0.6) is 0 Å². The molecule has 0 radical (unpaired) electrons. The molecule has 8 nitrogen and oxygen atoms in total. The van der Waals surface area contributed by atoms with E-state index >= 15 is 0 Å². The van der Waals surface area contributed by atoms with Crippen LogP contribution in [0.3, 0.4) is 0 Å². The van der Waals surface area contributed by atoms with Crippen molar-refractivity contribution in [3.05, 3.63) is 52.5 Å². The van der Waals surface area contributed by atoms with Gasteiger partial charge in [0.05, 0.1) is 11.3 Å². The van der Waals surface area contributed by atoms with Crippen LogP contribution in [0, 0.1) is 17.1 Å². The Bertz CT molecular complexity index is 1070. The Morgan fingerprint density at radius 3 is 2.62 bits per heavy atom. The maximum Gasteiger partial charge on any atom is 0.201 e. The highest BCUT2D eigenvalue weighted by atomic mass is 19.1. The van der Waals surface area contributed by atoms with Crippen LogP contribution in [0.25, 0.3) is 5.70 Å². The molecule has 4 N–H and O–H groups in total. The molecule has 0 amide bonds. The van der Waals surface area contributed by atoms with E-state index in [0.29, 0.717) is 24.7 Å². The molecule has 1 saturated carbocycles. The average Bonchev–Trinajstić information content (AvgIpc) is 3.65. The predicted octanol–water partition coefficient (Wildman–Crippen LogP) is 1.59. The maximum atomic E-state index is 14.6. The lowest BCUT2D eigenvalue weighted by molar-refractivity contribution is 0.214. The summed E-state index contributed by atoms with van der Waals surface area (Å²) in [5, 5.41) is 16.4. The van der Waals surface area contributed by atoms with Crippen molar-refractivity contribution in [3.8, 4) is 6.07 Å². The number of guanidine groups is 1. The molecule has 0 aromatic heterocycles. The molecule has 1 saturated heterocycles. The van der Waals surface area contributed by atoms with Crippen molar-refractivity contribution in [3.63, 3.8) is 0 Å². The Kier molecular flexibility index (Phi) is 6.30. The molecule has 5 rings (SSSR count). The molecule has 1 aromatic rings. The molecular formula is C25H33FN8. The summed E-state index contributed by atoms with van der Waals surface area (Å²) < 4.78 is 14.6. The first-order valence-electron chi connectivity index (χ1n) is 12.1. The summed E-state index contributed by atoms with van der Waals surface area (Å²) in [6, 6.07) is 7.51. The van der Waals surface area contributed by atoms with E-state index in [1.807, 2.05) is 6.07 Å². The standard InChI is InChI=1S/C25H33FN8/c1-32-14-18(13-29-24(32)30-20-5-6-20)21-15-33(2)25(34-9-7-19(28)8-10-34)31-23(21)16-3-4-17(12-27)22(26)11-16/h3-4,11,14,19-20,24,29-30H,5-10,13,15,28H2,1-2H3. The summed E-state index contributed by atoms with van der Waals surface area (Å²) in [6.07, 6.45) is 6.59. The lowest BCUT2D eigenvalue weighted by atomic mass is 9.96. The number of nitrogens with zero attached hydrogens (tertiary/aromatic N) is 5. The number of rotatable bonds is 4. The van der Waals surface area contributed by atoms with Gasteiger partial charge in [0.2, 0.25) is 5.96 Å². The van der Waals surface area contributed by atoms with Gasteiger partial charge in [0.1, 0.15) is 18.2 Å². The molecule has 2 fully saturated rings. The molecular weight excluding hydrogens is 431 g/mol. The Balaban J connectivity index is 1.53. The molecule has 3 heterocycles. The highest BCUT2D eigenvalue weighted by Gasteiger charge is 2.32. The second kappa shape index (κ2) is 9.37. The van der Waals surface area contributed by atoms with Gasteiger partial charge in [-0.2, -0.15) is 5.26 Å². The maximum absolute atomic E-state index is 14.6. The zero-order valence-corrected chi connectivity index (χ0v) is 19.9. The van der Waals surface area contributed by atoms with E-state index in [-0.39, 0.29) is 17.9 Å². The zero-order valence-electron chi connectivity index (χ0n) is 19.9. The van der Waals surface area contributed by atoms with Gasteiger partial charge >= 0.3 is 0 Å². The lowest BCUT2D eigenvalue weighted by Gasteiger charge is -2.40. The minimum absolute atomic E-state index is 0.0420. The number of benzene rings is 1. The Morgan fingerprint density at radius 2 is 1.97 bits per heavy atom. The summed E-state index contributed by atoms with van der Waals surface area (Å²) in [5.41, 5.74) is 9.81. The van der Waals surface area contributed by atoms with Crippen LogP contribution in [0.2, 0.25) is 0 Å². The van der Waals surface area contributed by atoms with Gasteiger partial charge in [-0.05, 0) is 43.4 Å². The Hall–Kier alpha value is -2.93. The van der Waals surface area contributed by atoms with E-state index in [1.54, 1.807) is 6.07 Å². The number of nitriles is 1. The largest absolute Gasteiger partial charge is 0.353 e. The molecule has 1 unspecified atom stereocenters. The highest BCUT2D eigenvalue weighted by molar-refractivity contribution is 5.91. The number of likely N-dealkylation sites (N-methyl/N-ethyl adjacent to an activating group) is 1. The van der Waals surface area contributed by atoms with Crippen LogP contribution in [0.4, 0.5) is 4.39 Å². The topological polar surface area (TPSA) is 95.9 Å². The van der Waals surface area contributed by atoms with Crippen LogP contribution in [0.1, 0.15) is 36.8 Å². The number of nitrogens with two attached hydrogens (primary N) is 1. The molecule has 3 aliphatic heterocycles. The summed E-state index contributed by atoms with van der Waals surface area (Å²) >= 11 is 0. The molecule has 4 aliphatic rings. The van der Waals surface area contributed by atoms with Crippen LogP contribution in [-0.2, 0) is 0 Å². The molecule has 1 aromatic carbocycles. The van der Waals surface area contributed by atoms with E-state index in [0.717, 1.165) is 48.7 Å². The third-order valence-electron chi connectivity index (χ3n) is 7.03. The van der Waals surface area contributed by atoms with E-state index in [1.165, 1.54) is 25.0 Å². The number of piperidine rings is 1. The lowest BCUT2D eigenvalue weighted by Crippen LogP contribution is -2.55. The third kappa shape index (κ3) is 4.67. The zero-order chi connectivity index (χ0) is 23.8. The molecule has 34 heavy (non-hydrogen) atoms. The molecule has 9 heteroatoms. The van der Waals surface area contributed by atoms with Gasteiger partial charge in [0, 0.05) is 69.7 Å². The number of aliphatic imine (C=N–C) groups is 1. The fraction of sp³-hybridized carbons (Fsp3) is 0.520. The van der Waals surface area contributed by atoms with Crippen molar-refractivity contribution in [2.45, 2.75) is 44.1 Å². The van der Waals surface area contributed by atoms with Crippen LogP contribution in [0.15, 0.2) is 40.5 Å². The first kappa shape index (κ1) is 22.8. The fourth-order valence-corrected chi connectivity index (χ4v) is 4.84. The number of halogens is 1. The average molecular weight is 465 g/mol. The predicted molar refractivity (Wildman–Crippen MR) is 131 cm³/mol. The molecule has 1 atom stereocenters. The second-order valence-electron chi connectivity index (χ2n) is 9.77. The van der Waals surface area contributed by atoms with Crippen molar-refractivity contribution in [2.24, 2.45) is 10.7 Å². The van der Waals surface area contributed by atoms with Gasteiger partial charge in [-0.25, -0.2) is 9.38 Å². The Labute approximate surface area is 200 Å². The number of likely N-dealkylation sites (tertiary alicyclic amines) is 1. The SMILES string of the molecule is CN1CC(C2=CN(C)C(NC3CC3)NC2)=C(c2ccc(C#N)c(F)c2)N=C1N1CCC(N)CC1. The van der Waals surface area contributed by atoms with Crippen LogP contribution in [-0.4, -0.2) is 79.3 Å². The molecule has 0 spiro atoms. The highest BCUT2D eigenvalue weighted by Crippen LogP contribution is 2.32. The quantitative estimate of drug-likeness (QED) is 0.623. The van der Waals surface area contributed by atoms with Crippen molar-refractivity contribution >= 4 is 11.7 Å². The second-order valence-corrected chi connectivity index (χ2v) is 9.77. The van der Waals surface area contributed by atoms with Gasteiger partial charge in [-0.1, -0.05) is 6.07 Å². The number of nitrogens with one attached hydrogen (secondary N) is 2. The minimum atomic E-state index is -0.520. The van der Waals surface area contributed by atoms with Crippen molar-refractivity contribution in [2.75, 3.05) is 40.3 Å². The molecule has 180 valence electrons. The summed E-state index contributed by atoms with van der Waals surface area (Å²) in [7, 11) is 4.12. The number of hydrogen-bond acceptors (Lipinski definition) is 8.